The molecule has 0 saturated carbocycles. The van der Waals surface area contributed by atoms with Crippen molar-refractivity contribution in [2.45, 2.75) is 33.1 Å². The van der Waals surface area contributed by atoms with Crippen LogP contribution in [0.2, 0.25) is 0 Å². The van der Waals surface area contributed by atoms with Crippen molar-refractivity contribution in [3.05, 3.63) is 23.8 Å². The smallest absolute Gasteiger partial charge is 0.227 e. The highest BCUT2D eigenvalue weighted by atomic mass is 16.5. The highest BCUT2D eigenvalue weighted by molar-refractivity contribution is 5.84. The van der Waals surface area contributed by atoms with Gasteiger partial charge in [0.1, 0.15) is 0 Å². The number of nitrogens with one attached hydrogen (secondary N) is 2. The van der Waals surface area contributed by atoms with Crippen molar-refractivity contribution in [2.75, 3.05) is 27.3 Å². The molecular weight excluding hydrogens is 308 g/mol. The lowest BCUT2D eigenvalue weighted by atomic mass is 9.87. The summed E-state index contributed by atoms with van der Waals surface area (Å²) < 4.78 is 10.6. The molecule has 0 aliphatic heterocycles. The van der Waals surface area contributed by atoms with Crippen molar-refractivity contribution in [3.8, 4) is 11.5 Å². The first-order chi connectivity index (χ1) is 11.4. The number of rotatable bonds is 9. The van der Waals surface area contributed by atoms with E-state index in [1.54, 1.807) is 14.2 Å². The van der Waals surface area contributed by atoms with Gasteiger partial charge in [0.2, 0.25) is 11.8 Å². The van der Waals surface area contributed by atoms with E-state index in [4.69, 9.17) is 9.47 Å². The molecule has 2 amide bonds. The van der Waals surface area contributed by atoms with E-state index < -0.39 is 0 Å². The maximum Gasteiger partial charge on any atom is 0.227 e. The summed E-state index contributed by atoms with van der Waals surface area (Å²) in [6.45, 7) is 6.58. The van der Waals surface area contributed by atoms with Crippen LogP contribution in [0.15, 0.2) is 18.2 Å². The third-order valence-corrected chi connectivity index (χ3v) is 3.74. The average molecular weight is 336 g/mol. The largest absolute Gasteiger partial charge is 0.493 e. The van der Waals surface area contributed by atoms with Gasteiger partial charge in [0.25, 0.3) is 0 Å². The molecule has 1 rings (SSSR count). The number of ether oxygens (including phenoxy) is 2. The average Bonchev–Trinajstić information content (AvgIpc) is 2.53. The standard InChI is InChI=1S/C18H28N2O4/c1-12(2)17(18(22)20-10-6-9-19-13(3)21)14-7-8-15(23-4)16(11-14)24-5/h7-8,11-12,17H,6,9-10H2,1-5H3,(H,19,21)(H,20,22). The third-order valence-electron chi connectivity index (χ3n) is 3.74. The van der Waals surface area contributed by atoms with Gasteiger partial charge in [-0.25, -0.2) is 0 Å². The second-order valence-corrected chi connectivity index (χ2v) is 5.96. The minimum absolute atomic E-state index is 0.0277. The Morgan fingerprint density at radius 2 is 1.67 bits per heavy atom. The first kappa shape index (κ1) is 19.8. The molecule has 6 nitrogen and oxygen atoms in total. The zero-order valence-corrected chi connectivity index (χ0v) is 15.1. The van der Waals surface area contributed by atoms with Crippen LogP contribution in [-0.4, -0.2) is 39.1 Å². The maximum absolute atomic E-state index is 12.6. The van der Waals surface area contributed by atoms with Crippen molar-refractivity contribution in [2.24, 2.45) is 5.92 Å². The lowest BCUT2D eigenvalue weighted by Gasteiger charge is -2.22. The van der Waals surface area contributed by atoms with Gasteiger partial charge in [0, 0.05) is 20.0 Å². The van der Waals surface area contributed by atoms with E-state index in [2.05, 4.69) is 10.6 Å². The minimum Gasteiger partial charge on any atom is -0.493 e. The highest BCUT2D eigenvalue weighted by Gasteiger charge is 2.25. The summed E-state index contributed by atoms with van der Waals surface area (Å²) in [5.74, 6) is 1.02. The molecule has 0 aliphatic rings. The van der Waals surface area contributed by atoms with Crippen LogP contribution in [0.1, 0.15) is 38.7 Å². The Hall–Kier alpha value is -2.24. The molecule has 24 heavy (non-hydrogen) atoms. The van der Waals surface area contributed by atoms with E-state index in [-0.39, 0.29) is 23.7 Å². The highest BCUT2D eigenvalue weighted by Crippen LogP contribution is 2.33. The molecule has 0 aromatic heterocycles. The molecule has 0 radical (unpaired) electrons. The van der Waals surface area contributed by atoms with Gasteiger partial charge in [-0.1, -0.05) is 19.9 Å². The van der Waals surface area contributed by atoms with Crippen molar-refractivity contribution >= 4 is 11.8 Å². The Kier molecular flexibility index (Phi) is 8.09. The monoisotopic (exact) mass is 336 g/mol. The molecule has 134 valence electrons. The summed E-state index contributed by atoms with van der Waals surface area (Å²) >= 11 is 0. The van der Waals surface area contributed by atoms with E-state index in [1.807, 2.05) is 32.0 Å². The Balaban J connectivity index is 2.75. The zero-order chi connectivity index (χ0) is 18.1. The summed E-state index contributed by atoms with van der Waals surface area (Å²) in [7, 11) is 3.16. The van der Waals surface area contributed by atoms with Crippen LogP contribution in [0.5, 0.6) is 11.5 Å². The predicted octanol–water partition coefficient (Wildman–Crippen LogP) is 2.09. The van der Waals surface area contributed by atoms with Crippen LogP contribution in [0.3, 0.4) is 0 Å². The number of benzene rings is 1. The first-order valence-electron chi connectivity index (χ1n) is 8.14. The summed E-state index contributed by atoms with van der Waals surface area (Å²) in [5, 5.41) is 5.65. The molecule has 1 unspecified atom stereocenters. The molecule has 2 N–H and O–H groups in total. The third kappa shape index (κ3) is 5.76. The van der Waals surface area contributed by atoms with Gasteiger partial charge < -0.3 is 20.1 Å². The molecule has 0 spiro atoms. The van der Waals surface area contributed by atoms with Gasteiger partial charge in [-0.2, -0.15) is 0 Å². The molecule has 0 heterocycles. The normalized spacial score (nSPS) is 11.8. The summed E-state index contributed by atoms with van der Waals surface area (Å²) in [6.07, 6.45) is 0.696. The van der Waals surface area contributed by atoms with E-state index in [0.717, 1.165) is 5.56 Å². The van der Waals surface area contributed by atoms with E-state index in [0.29, 0.717) is 31.0 Å². The van der Waals surface area contributed by atoms with Crippen LogP contribution in [-0.2, 0) is 9.59 Å². The molecule has 0 aliphatic carbocycles. The van der Waals surface area contributed by atoms with Crippen molar-refractivity contribution in [1.82, 2.24) is 10.6 Å². The fourth-order valence-corrected chi connectivity index (χ4v) is 2.56. The lowest BCUT2D eigenvalue weighted by molar-refractivity contribution is -0.123. The fourth-order valence-electron chi connectivity index (χ4n) is 2.56. The zero-order valence-electron chi connectivity index (χ0n) is 15.1. The second kappa shape index (κ2) is 9.80. The van der Waals surface area contributed by atoms with Crippen molar-refractivity contribution < 1.29 is 19.1 Å². The number of amides is 2. The Bertz CT molecular complexity index is 558. The van der Waals surface area contributed by atoms with Crippen molar-refractivity contribution in [3.63, 3.8) is 0 Å². The van der Waals surface area contributed by atoms with E-state index >= 15 is 0 Å². The molecule has 6 heteroatoms. The molecular formula is C18H28N2O4. The van der Waals surface area contributed by atoms with Crippen LogP contribution in [0.25, 0.3) is 0 Å². The Labute approximate surface area is 143 Å². The van der Waals surface area contributed by atoms with E-state index in [1.165, 1.54) is 6.92 Å². The SMILES string of the molecule is COc1ccc(C(C(=O)NCCCNC(C)=O)C(C)C)cc1OC. The topological polar surface area (TPSA) is 76.7 Å². The van der Waals surface area contributed by atoms with Gasteiger partial charge in [0.15, 0.2) is 11.5 Å². The fraction of sp³-hybridized carbons (Fsp3) is 0.556. The number of carbonyl (C=O) groups is 2. The Morgan fingerprint density at radius 3 is 2.21 bits per heavy atom. The van der Waals surface area contributed by atoms with Gasteiger partial charge in [-0.15, -0.1) is 0 Å². The summed E-state index contributed by atoms with van der Waals surface area (Å²) in [4.78, 5) is 23.4. The van der Waals surface area contributed by atoms with Gasteiger partial charge in [0.05, 0.1) is 20.1 Å². The first-order valence-corrected chi connectivity index (χ1v) is 8.14. The minimum atomic E-state index is -0.273. The molecule has 1 atom stereocenters. The number of hydrogen-bond acceptors (Lipinski definition) is 4. The van der Waals surface area contributed by atoms with E-state index in [9.17, 15) is 9.59 Å². The summed E-state index contributed by atoms with van der Waals surface area (Å²) in [5.41, 5.74) is 0.891. The quantitative estimate of drug-likeness (QED) is 0.677. The van der Waals surface area contributed by atoms with Crippen LogP contribution in [0, 0.1) is 5.92 Å². The molecule has 1 aromatic carbocycles. The second-order valence-electron chi connectivity index (χ2n) is 5.96. The van der Waals surface area contributed by atoms with Crippen LogP contribution < -0.4 is 20.1 Å². The predicted molar refractivity (Wildman–Crippen MR) is 93.4 cm³/mol. The lowest BCUT2D eigenvalue weighted by Crippen LogP contribution is -2.34. The van der Waals surface area contributed by atoms with Crippen LogP contribution >= 0.6 is 0 Å². The van der Waals surface area contributed by atoms with Gasteiger partial charge in [-0.05, 0) is 30.0 Å². The molecule has 0 bridgehead atoms. The number of methoxy groups -OCH3 is 2. The van der Waals surface area contributed by atoms with Crippen molar-refractivity contribution in [1.29, 1.82) is 0 Å². The van der Waals surface area contributed by atoms with Gasteiger partial charge in [-0.3, -0.25) is 9.59 Å². The summed E-state index contributed by atoms with van der Waals surface area (Å²) in [6, 6.07) is 5.55. The molecule has 0 saturated heterocycles. The van der Waals surface area contributed by atoms with Gasteiger partial charge >= 0.3 is 0 Å². The number of hydrogen-bond donors (Lipinski definition) is 2. The molecule has 0 fully saturated rings. The Morgan fingerprint density at radius 1 is 1.04 bits per heavy atom. The van der Waals surface area contributed by atoms with Crippen LogP contribution in [0.4, 0.5) is 0 Å². The molecule has 1 aromatic rings. The number of carbonyl (C=O) groups excluding carboxylic acids is 2. The maximum atomic E-state index is 12.6.